The Morgan fingerprint density at radius 1 is 1.24 bits per heavy atom. The summed E-state index contributed by atoms with van der Waals surface area (Å²) in [5.41, 5.74) is 4.65. The number of nitrogens with zero attached hydrogens (tertiary/aromatic N) is 1. The van der Waals surface area contributed by atoms with Crippen LogP contribution in [0, 0.1) is 0 Å². The lowest BCUT2D eigenvalue weighted by molar-refractivity contribution is -0.137. The second kappa shape index (κ2) is 5.75. The molecule has 0 radical (unpaired) electrons. The molecule has 0 atom stereocenters. The van der Waals surface area contributed by atoms with Crippen molar-refractivity contribution < 1.29 is 21.6 Å². The molecule has 0 amide bonds. The van der Waals surface area contributed by atoms with Crippen LogP contribution in [-0.4, -0.2) is 31.9 Å². The topological polar surface area (TPSA) is 63.4 Å². The molecule has 0 aromatic heterocycles. The molecule has 2 N–H and O–H groups in total. The molecule has 1 fully saturated rings. The van der Waals surface area contributed by atoms with Gasteiger partial charge in [-0.1, -0.05) is 11.6 Å². The number of hydrogen-bond acceptors (Lipinski definition) is 3. The molecule has 1 aromatic carbocycles. The fraction of sp³-hybridized carbons (Fsp3) is 0.500. The minimum absolute atomic E-state index is 0.0894. The number of rotatable bonds is 2. The van der Waals surface area contributed by atoms with Crippen molar-refractivity contribution in [2.24, 2.45) is 5.73 Å². The number of hydrogen-bond donors (Lipinski definition) is 1. The predicted octanol–water partition coefficient (Wildman–Crippen LogP) is 2.47. The normalized spacial score (nSPS) is 18.9. The molecule has 2 rings (SSSR count). The largest absolute Gasteiger partial charge is 0.416 e. The first-order valence-electron chi connectivity index (χ1n) is 6.25. The van der Waals surface area contributed by atoms with Gasteiger partial charge in [0.15, 0.2) is 0 Å². The van der Waals surface area contributed by atoms with Gasteiger partial charge in [0.05, 0.1) is 10.6 Å². The Bertz CT molecular complexity index is 626. The van der Waals surface area contributed by atoms with Crippen molar-refractivity contribution in [2.75, 3.05) is 13.1 Å². The molecule has 1 heterocycles. The van der Waals surface area contributed by atoms with Crippen molar-refractivity contribution in [1.29, 1.82) is 0 Å². The lowest BCUT2D eigenvalue weighted by atomic mass is 10.1. The maximum absolute atomic E-state index is 12.7. The van der Waals surface area contributed by atoms with Crippen LogP contribution in [0.3, 0.4) is 0 Å². The van der Waals surface area contributed by atoms with Crippen molar-refractivity contribution >= 4 is 21.6 Å². The van der Waals surface area contributed by atoms with Gasteiger partial charge in [0.1, 0.15) is 4.90 Å². The Labute approximate surface area is 125 Å². The van der Waals surface area contributed by atoms with E-state index >= 15 is 0 Å². The van der Waals surface area contributed by atoms with Crippen molar-refractivity contribution in [3.63, 3.8) is 0 Å². The molecule has 0 bridgehead atoms. The zero-order valence-electron chi connectivity index (χ0n) is 10.9. The van der Waals surface area contributed by atoms with E-state index in [1.807, 2.05) is 0 Å². The molecule has 1 saturated heterocycles. The van der Waals surface area contributed by atoms with Crippen LogP contribution < -0.4 is 5.73 Å². The van der Waals surface area contributed by atoms with Gasteiger partial charge in [-0.15, -0.1) is 0 Å². The lowest BCUT2D eigenvalue weighted by Gasteiger charge is -2.29. The summed E-state index contributed by atoms with van der Waals surface area (Å²) in [7, 11) is -4.05. The molecule has 9 heteroatoms. The van der Waals surface area contributed by atoms with Crippen LogP contribution in [0.25, 0.3) is 0 Å². The predicted molar refractivity (Wildman–Crippen MR) is 72.4 cm³/mol. The first-order valence-corrected chi connectivity index (χ1v) is 8.06. The standard InChI is InChI=1S/C12H14ClF3N2O2S/c13-10-2-1-8(12(14,15)16)7-11(10)21(19,20)18-5-3-9(17)4-6-18/h1-2,7,9H,3-6,17H2. The molecule has 1 aromatic rings. The van der Waals surface area contributed by atoms with Crippen LogP contribution in [0.1, 0.15) is 18.4 Å². The third-order valence-corrected chi connectivity index (χ3v) is 5.76. The number of halogens is 4. The molecule has 4 nitrogen and oxygen atoms in total. The average molecular weight is 343 g/mol. The van der Waals surface area contributed by atoms with Crippen LogP contribution in [-0.2, 0) is 16.2 Å². The van der Waals surface area contributed by atoms with Gasteiger partial charge >= 0.3 is 6.18 Å². The van der Waals surface area contributed by atoms with Crippen LogP contribution in [0.4, 0.5) is 13.2 Å². The van der Waals surface area contributed by atoms with E-state index < -0.39 is 26.7 Å². The second-order valence-corrected chi connectivity index (χ2v) is 7.20. The molecular formula is C12H14ClF3N2O2S. The molecule has 0 aliphatic carbocycles. The van der Waals surface area contributed by atoms with E-state index in [1.54, 1.807) is 0 Å². The van der Waals surface area contributed by atoms with E-state index in [2.05, 4.69) is 0 Å². The second-order valence-electron chi connectivity index (χ2n) is 4.88. The SMILES string of the molecule is NC1CCN(S(=O)(=O)c2cc(C(F)(F)F)ccc2Cl)CC1. The number of alkyl halides is 3. The van der Waals surface area contributed by atoms with Crippen LogP contribution in [0.2, 0.25) is 5.02 Å². The van der Waals surface area contributed by atoms with Crippen molar-refractivity contribution in [3.8, 4) is 0 Å². The highest BCUT2D eigenvalue weighted by Crippen LogP contribution is 2.34. The van der Waals surface area contributed by atoms with Gasteiger partial charge in [-0.05, 0) is 31.0 Å². The summed E-state index contributed by atoms with van der Waals surface area (Å²) < 4.78 is 64.1. The molecule has 0 unspecified atom stereocenters. The monoisotopic (exact) mass is 342 g/mol. The van der Waals surface area contributed by atoms with Crippen molar-refractivity contribution in [3.05, 3.63) is 28.8 Å². The smallest absolute Gasteiger partial charge is 0.328 e. The van der Waals surface area contributed by atoms with Crippen LogP contribution >= 0.6 is 11.6 Å². The van der Waals surface area contributed by atoms with Gasteiger partial charge in [-0.25, -0.2) is 8.42 Å². The minimum atomic E-state index is -4.63. The van der Waals surface area contributed by atoms with E-state index in [9.17, 15) is 21.6 Å². The van der Waals surface area contributed by atoms with Gasteiger partial charge in [0.2, 0.25) is 10.0 Å². The molecule has 1 aliphatic heterocycles. The van der Waals surface area contributed by atoms with Gasteiger partial charge in [-0.3, -0.25) is 0 Å². The summed E-state index contributed by atoms with van der Waals surface area (Å²) >= 11 is 5.78. The average Bonchev–Trinajstić information content (AvgIpc) is 2.38. The van der Waals surface area contributed by atoms with Crippen LogP contribution in [0.15, 0.2) is 23.1 Å². The Balaban J connectivity index is 2.40. The maximum Gasteiger partial charge on any atom is 0.416 e. The molecule has 0 saturated carbocycles. The zero-order valence-corrected chi connectivity index (χ0v) is 12.5. The Morgan fingerprint density at radius 3 is 2.33 bits per heavy atom. The van der Waals surface area contributed by atoms with Crippen molar-refractivity contribution in [2.45, 2.75) is 30.0 Å². The Kier molecular flexibility index (Phi) is 4.53. The van der Waals surface area contributed by atoms with Gasteiger partial charge in [0, 0.05) is 19.1 Å². The van der Waals surface area contributed by atoms with Crippen LogP contribution in [0.5, 0.6) is 0 Å². The molecular weight excluding hydrogens is 329 g/mol. The fourth-order valence-corrected chi connectivity index (χ4v) is 4.10. The fourth-order valence-electron chi connectivity index (χ4n) is 2.13. The third-order valence-electron chi connectivity index (χ3n) is 3.37. The number of piperidine rings is 1. The summed E-state index contributed by atoms with van der Waals surface area (Å²) in [5.74, 6) is 0. The first-order chi connectivity index (χ1) is 9.62. The highest BCUT2D eigenvalue weighted by atomic mass is 35.5. The number of sulfonamides is 1. The first kappa shape index (κ1) is 16.5. The maximum atomic E-state index is 12.7. The molecule has 1 aliphatic rings. The van der Waals surface area contributed by atoms with E-state index in [1.165, 1.54) is 0 Å². The summed E-state index contributed by atoms with van der Waals surface area (Å²) in [4.78, 5) is -0.519. The minimum Gasteiger partial charge on any atom is -0.328 e. The zero-order chi connectivity index (χ0) is 15.8. The molecule has 21 heavy (non-hydrogen) atoms. The summed E-state index contributed by atoms with van der Waals surface area (Å²) in [6, 6.07) is 2.19. The van der Waals surface area contributed by atoms with Crippen molar-refractivity contribution in [1.82, 2.24) is 4.31 Å². The molecule has 118 valence electrons. The summed E-state index contributed by atoms with van der Waals surface area (Å²) in [6.07, 6.45) is -3.69. The Morgan fingerprint density at radius 2 is 1.81 bits per heavy atom. The number of nitrogens with two attached hydrogens (primary N) is 1. The highest BCUT2D eigenvalue weighted by molar-refractivity contribution is 7.89. The van der Waals surface area contributed by atoms with E-state index in [0.29, 0.717) is 18.9 Å². The molecule has 0 spiro atoms. The van der Waals surface area contributed by atoms with Gasteiger partial charge in [0.25, 0.3) is 0 Å². The Hall–Kier alpha value is -0.830. The lowest BCUT2D eigenvalue weighted by Crippen LogP contribution is -2.42. The summed E-state index contributed by atoms with van der Waals surface area (Å²) in [6.45, 7) is 0.353. The van der Waals surface area contributed by atoms with E-state index in [4.69, 9.17) is 17.3 Å². The highest BCUT2D eigenvalue weighted by Gasteiger charge is 2.35. The van der Waals surface area contributed by atoms with Gasteiger partial charge in [-0.2, -0.15) is 17.5 Å². The van der Waals surface area contributed by atoms with E-state index in [0.717, 1.165) is 16.4 Å². The third kappa shape index (κ3) is 3.50. The number of benzene rings is 1. The van der Waals surface area contributed by atoms with Gasteiger partial charge < -0.3 is 5.73 Å². The summed E-state index contributed by atoms with van der Waals surface area (Å²) in [5, 5.41) is -0.224. The quantitative estimate of drug-likeness (QED) is 0.898. The van der Waals surface area contributed by atoms with E-state index in [-0.39, 0.29) is 24.2 Å².